The van der Waals surface area contributed by atoms with Gasteiger partial charge in [-0.25, -0.2) is 0 Å². The summed E-state index contributed by atoms with van der Waals surface area (Å²) in [5.74, 6) is 3.16. The molecule has 0 atom stereocenters. The van der Waals surface area contributed by atoms with Gasteiger partial charge in [0.1, 0.15) is 12.4 Å². The van der Waals surface area contributed by atoms with Crippen molar-refractivity contribution < 1.29 is 4.74 Å². The first-order chi connectivity index (χ1) is 10.7. The number of terminal acetylenes is 1. The normalized spacial score (nSPS) is 10.6. The molecule has 0 spiro atoms. The Hall–Kier alpha value is -1.95. The third-order valence-corrected chi connectivity index (χ3v) is 4.04. The molecular formula is C18H11ClINO. The molecule has 0 saturated carbocycles. The molecule has 0 aromatic heterocycles. The summed E-state index contributed by atoms with van der Waals surface area (Å²) in [6.07, 6.45) is 6.98. The summed E-state index contributed by atoms with van der Waals surface area (Å²) in [5.41, 5.74) is 2.13. The van der Waals surface area contributed by atoms with Crippen molar-refractivity contribution in [1.82, 2.24) is 0 Å². The van der Waals surface area contributed by atoms with Gasteiger partial charge in [0.2, 0.25) is 0 Å². The van der Waals surface area contributed by atoms with Gasteiger partial charge in [0.15, 0.2) is 0 Å². The molecule has 0 aliphatic rings. The van der Waals surface area contributed by atoms with Gasteiger partial charge in [0.25, 0.3) is 0 Å². The Labute approximate surface area is 148 Å². The van der Waals surface area contributed by atoms with E-state index in [9.17, 15) is 5.26 Å². The van der Waals surface area contributed by atoms with Crippen molar-refractivity contribution >= 4 is 45.8 Å². The molecule has 0 saturated heterocycles. The summed E-state index contributed by atoms with van der Waals surface area (Å²) in [7, 11) is 0. The van der Waals surface area contributed by atoms with Gasteiger partial charge in [0, 0.05) is 10.6 Å². The minimum Gasteiger partial charge on any atom is -0.480 e. The van der Waals surface area contributed by atoms with Crippen LogP contribution >= 0.6 is 34.2 Å². The Morgan fingerprint density at radius 1 is 1.32 bits per heavy atom. The number of nitriles is 1. The fourth-order valence-electron chi connectivity index (χ4n) is 1.86. The number of benzene rings is 2. The second-order valence-electron chi connectivity index (χ2n) is 4.33. The molecular weight excluding hydrogens is 409 g/mol. The highest BCUT2D eigenvalue weighted by molar-refractivity contribution is 14.1. The first kappa shape index (κ1) is 16.4. The third kappa shape index (κ3) is 4.04. The van der Waals surface area contributed by atoms with Crippen LogP contribution in [0.3, 0.4) is 0 Å². The molecule has 0 bridgehead atoms. The fourth-order valence-corrected chi connectivity index (χ4v) is 2.79. The molecule has 0 N–H and O–H groups in total. The van der Waals surface area contributed by atoms with Gasteiger partial charge in [-0.2, -0.15) is 5.26 Å². The largest absolute Gasteiger partial charge is 0.480 e. The predicted molar refractivity (Wildman–Crippen MR) is 98.4 cm³/mol. The molecule has 2 nitrogen and oxygen atoms in total. The van der Waals surface area contributed by atoms with E-state index in [0.717, 1.165) is 14.9 Å². The lowest BCUT2D eigenvalue weighted by Gasteiger charge is -2.07. The number of hydrogen-bond acceptors (Lipinski definition) is 2. The van der Waals surface area contributed by atoms with Crippen molar-refractivity contribution in [3.8, 4) is 24.2 Å². The van der Waals surface area contributed by atoms with Crippen molar-refractivity contribution in [3.05, 3.63) is 62.2 Å². The fraction of sp³-hybridized carbons (Fsp3) is 0.0556. The predicted octanol–water partition coefficient (Wildman–Crippen LogP) is 5.02. The maximum absolute atomic E-state index is 9.38. The monoisotopic (exact) mass is 419 g/mol. The highest BCUT2D eigenvalue weighted by Crippen LogP contribution is 2.27. The van der Waals surface area contributed by atoms with Crippen LogP contribution in [0.2, 0.25) is 5.02 Å². The van der Waals surface area contributed by atoms with Crippen LogP contribution in [0, 0.1) is 27.2 Å². The van der Waals surface area contributed by atoms with Crippen molar-refractivity contribution in [2.45, 2.75) is 0 Å². The van der Waals surface area contributed by atoms with Gasteiger partial charge in [-0.15, -0.1) is 6.42 Å². The molecule has 0 unspecified atom stereocenters. The highest BCUT2D eigenvalue weighted by atomic mass is 127. The van der Waals surface area contributed by atoms with E-state index in [-0.39, 0.29) is 6.61 Å². The Morgan fingerprint density at radius 2 is 2.09 bits per heavy atom. The van der Waals surface area contributed by atoms with Crippen LogP contribution in [0.15, 0.2) is 42.5 Å². The molecule has 108 valence electrons. The molecule has 0 heterocycles. The first-order valence-electron chi connectivity index (χ1n) is 6.38. The zero-order valence-electron chi connectivity index (χ0n) is 11.5. The SMILES string of the molecule is C#CCOc1ccc(C=C(C#N)c2ccccc2Cl)cc1I. The first-order valence-corrected chi connectivity index (χ1v) is 7.84. The highest BCUT2D eigenvalue weighted by Gasteiger charge is 2.07. The number of nitrogens with zero attached hydrogens (tertiary/aromatic N) is 1. The number of ether oxygens (including phenoxy) is 1. The summed E-state index contributed by atoms with van der Waals surface area (Å²) in [6.45, 7) is 0.230. The van der Waals surface area contributed by atoms with Crippen molar-refractivity contribution in [1.29, 1.82) is 5.26 Å². The topological polar surface area (TPSA) is 33.0 Å². The van der Waals surface area contributed by atoms with Crippen LogP contribution in [0.25, 0.3) is 11.6 Å². The number of hydrogen-bond donors (Lipinski definition) is 0. The quantitative estimate of drug-likeness (QED) is 0.302. The smallest absolute Gasteiger partial charge is 0.148 e. The minimum atomic E-state index is 0.230. The molecule has 2 aromatic carbocycles. The van der Waals surface area contributed by atoms with E-state index in [1.165, 1.54) is 0 Å². The van der Waals surface area contributed by atoms with E-state index in [4.69, 9.17) is 22.8 Å². The van der Waals surface area contributed by atoms with Crippen LogP contribution in [-0.2, 0) is 0 Å². The summed E-state index contributed by atoms with van der Waals surface area (Å²) in [6, 6.07) is 15.1. The van der Waals surface area contributed by atoms with Crippen molar-refractivity contribution in [2.75, 3.05) is 6.61 Å². The van der Waals surface area contributed by atoms with Crippen LogP contribution in [-0.4, -0.2) is 6.61 Å². The van der Waals surface area contributed by atoms with Crippen LogP contribution in [0.5, 0.6) is 5.75 Å². The number of rotatable bonds is 4. The van der Waals surface area contributed by atoms with Gasteiger partial charge >= 0.3 is 0 Å². The Morgan fingerprint density at radius 3 is 2.73 bits per heavy atom. The minimum absolute atomic E-state index is 0.230. The molecule has 4 heteroatoms. The summed E-state index contributed by atoms with van der Waals surface area (Å²) < 4.78 is 6.35. The summed E-state index contributed by atoms with van der Waals surface area (Å²) >= 11 is 8.32. The molecule has 0 amide bonds. The van der Waals surface area contributed by atoms with Crippen LogP contribution in [0.1, 0.15) is 11.1 Å². The van der Waals surface area contributed by atoms with E-state index in [2.05, 4.69) is 34.6 Å². The Bertz CT molecular complexity index is 799. The lowest BCUT2D eigenvalue weighted by atomic mass is 10.0. The summed E-state index contributed by atoms with van der Waals surface area (Å²) in [4.78, 5) is 0. The third-order valence-electron chi connectivity index (χ3n) is 2.86. The summed E-state index contributed by atoms with van der Waals surface area (Å²) in [5, 5.41) is 9.93. The molecule has 0 radical (unpaired) electrons. The van der Waals surface area contributed by atoms with Gasteiger partial charge in [-0.3, -0.25) is 0 Å². The molecule has 0 aliphatic carbocycles. The average Bonchev–Trinajstić information content (AvgIpc) is 2.52. The van der Waals surface area contributed by atoms with E-state index in [1.54, 1.807) is 12.1 Å². The van der Waals surface area contributed by atoms with E-state index in [0.29, 0.717) is 16.2 Å². The maximum atomic E-state index is 9.38. The Kier molecular flexibility index (Phi) is 5.89. The van der Waals surface area contributed by atoms with E-state index >= 15 is 0 Å². The van der Waals surface area contributed by atoms with Crippen LogP contribution in [0.4, 0.5) is 0 Å². The molecule has 2 aromatic rings. The van der Waals surface area contributed by atoms with Crippen molar-refractivity contribution in [2.24, 2.45) is 0 Å². The number of halogens is 2. The zero-order chi connectivity index (χ0) is 15.9. The molecule has 2 rings (SSSR count). The van der Waals surface area contributed by atoms with Crippen LogP contribution < -0.4 is 4.74 Å². The van der Waals surface area contributed by atoms with E-state index in [1.807, 2.05) is 36.4 Å². The second-order valence-corrected chi connectivity index (χ2v) is 5.90. The Balaban J connectivity index is 2.36. The van der Waals surface area contributed by atoms with Gasteiger partial charge < -0.3 is 4.74 Å². The lowest BCUT2D eigenvalue weighted by Crippen LogP contribution is -1.95. The van der Waals surface area contributed by atoms with Gasteiger partial charge in [-0.1, -0.05) is 41.8 Å². The lowest BCUT2D eigenvalue weighted by molar-refractivity contribution is 0.368. The molecule has 22 heavy (non-hydrogen) atoms. The standard InChI is InChI=1S/C18H11ClINO/c1-2-9-22-18-8-7-13(11-17(18)20)10-14(12-21)15-5-3-4-6-16(15)19/h1,3-8,10-11H,9H2. The maximum Gasteiger partial charge on any atom is 0.148 e. The zero-order valence-corrected chi connectivity index (χ0v) is 14.4. The average molecular weight is 420 g/mol. The molecule has 0 aliphatic heterocycles. The van der Waals surface area contributed by atoms with E-state index < -0.39 is 0 Å². The number of allylic oxidation sites excluding steroid dienone is 1. The second kappa shape index (κ2) is 7.89. The van der Waals surface area contributed by atoms with Crippen molar-refractivity contribution in [3.63, 3.8) is 0 Å². The molecule has 0 fully saturated rings. The van der Waals surface area contributed by atoms with Gasteiger partial charge in [-0.05, 0) is 52.4 Å². The van der Waals surface area contributed by atoms with Gasteiger partial charge in [0.05, 0.1) is 15.2 Å².